The molecule has 0 atom stereocenters. The summed E-state index contributed by atoms with van der Waals surface area (Å²) in [6, 6.07) is 32.8. The molecule has 15 nitrogen and oxygen atoms in total. The van der Waals surface area contributed by atoms with Crippen molar-refractivity contribution in [2.45, 2.75) is 62.3 Å². The summed E-state index contributed by atoms with van der Waals surface area (Å²) in [4.78, 5) is 55.6. The van der Waals surface area contributed by atoms with Gasteiger partial charge in [0.2, 0.25) is 34.7 Å². The quantitative estimate of drug-likeness (QED) is 0.0477. The molecule has 14 N–H and O–H groups in total. The van der Waals surface area contributed by atoms with Crippen molar-refractivity contribution in [3.8, 4) is 0 Å². The summed E-state index contributed by atoms with van der Waals surface area (Å²) in [5.41, 5.74) is 30.7. The van der Waals surface area contributed by atoms with E-state index in [0.717, 1.165) is 55.0 Å². The van der Waals surface area contributed by atoms with E-state index in [-0.39, 0.29) is 79.0 Å². The van der Waals surface area contributed by atoms with Crippen molar-refractivity contribution in [1.29, 1.82) is 0 Å². The van der Waals surface area contributed by atoms with Crippen LogP contribution in [0.2, 0.25) is 0 Å². The number of nitrogens with zero attached hydrogens (tertiary/aromatic N) is 1. The minimum atomic E-state index is -0.134. The van der Waals surface area contributed by atoms with Crippen LogP contribution >= 0.6 is 0 Å². The van der Waals surface area contributed by atoms with Crippen LogP contribution in [0.15, 0.2) is 103 Å². The first-order valence-corrected chi connectivity index (χ1v) is 19.7. The third-order valence-corrected chi connectivity index (χ3v) is 9.40. The van der Waals surface area contributed by atoms with Gasteiger partial charge < -0.3 is 49.5 Å². The Labute approximate surface area is 376 Å². The number of aromatic nitrogens is 2. The molecule has 0 fully saturated rings. The van der Waals surface area contributed by atoms with E-state index >= 15 is 0 Å². The minimum Gasteiger partial charge on any atom is -0.354 e. The van der Waals surface area contributed by atoms with Gasteiger partial charge in [-0.1, -0.05) is 59.5 Å². The van der Waals surface area contributed by atoms with Crippen molar-refractivity contribution in [2.24, 2.45) is 22.9 Å². The van der Waals surface area contributed by atoms with Gasteiger partial charge in [-0.2, -0.15) is 0 Å². The van der Waals surface area contributed by atoms with Crippen LogP contribution in [0.5, 0.6) is 0 Å². The van der Waals surface area contributed by atoms with Crippen molar-refractivity contribution in [2.75, 3.05) is 52.8 Å². The van der Waals surface area contributed by atoms with Crippen LogP contribution in [-0.4, -0.2) is 54.8 Å². The normalized spacial score (nSPS) is 10.2. The Morgan fingerprint density at radius 1 is 0.469 bits per heavy atom. The van der Waals surface area contributed by atoms with Gasteiger partial charge in [-0.05, 0) is 73.7 Å². The lowest BCUT2D eigenvalue weighted by Crippen LogP contribution is -2.17. The molecular weight excluding hydrogens is 807 g/mol. The fourth-order valence-corrected chi connectivity index (χ4v) is 6.49. The number of aryl methyl sites for hydroxylation is 1. The summed E-state index contributed by atoms with van der Waals surface area (Å²) >= 11 is 0. The highest BCUT2D eigenvalue weighted by Crippen LogP contribution is 2.34. The Kier molecular flexibility index (Phi) is 20.9. The van der Waals surface area contributed by atoms with Crippen LogP contribution in [0.3, 0.4) is 0 Å². The van der Waals surface area contributed by atoms with Gasteiger partial charge in [-0.3, -0.25) is 19.2 Å². The predicted molar refractivity (Wildman–Crippen MR) is 268 cm³/mol. The zero-order valence-electron chi connectivity index (χ0n) is 33.4. The van der Waals surface area contributed by atoms with E-state index in [1.54, 1.807) is 0 Å². The molecule has 7 aromatic rings. The average molecular weight is 873 g/mol. The van der Waals surface area contributed by atoms with Crippen LogP contribution in [-0.2, 0) is 19.2 Å². The number of fused-ring (bicyclic) bond motifs is 4. The van der Waals surface area contributed by atoms with Crippen LogP contribution in [0.25, 0.3) is 43.6 Å². The summed E-state index contributed by atoms with van der Waals surface area (Å²) in [5.74, 6) is -0.522. The molecule has 64 heavy (non-hydrogen) atoms. The molecule has 0 aliphatic heterocycles. The number of nitrogens with one attached hydrogen (secondary N) is 6. The molecule has 0 unspecified atom stereocenters. The number of carbonyl (C=O) groups is 4. The number of amides is 4. The van der Waals surface area contributed by atoms with E-state index < -0.39 is 0 Å². The van der Waals surface area contributed by atoms with E-state index in [2.05, 4.69) is 48.7 Å². The highest BCUT2D eigenvalue weighted by atomic mass is 16.2. The molecule has 2 aromatic heterocycles. The monoisotopic (exact) mass is 873 g/mol. The third kappa shape index (κ3) is 14.0. The van der Waals surface area contributed by atoms with Crippen molar-refractivity contribution >= 4 is 101 Å². The Bertz CT molecular complexity index is 2530. The standard InChI is InChI=1S/C26H28N6O2.C19H21N5O2.4CH4/c1-16-2-4-17(5-3-16)31-26-20-8-6-18(29-24(33)10-12-27)14-22(20)32-23-15-19(7-9-21(23)26)30-25(34)11-13-28;20-7-5-18(25)22-14-3-1-12-9-13-2-4-15(23-19(26)6-8-21)11-17(13)24-16(12)10-14;;;;/h2-9,14-15H,10-13,27-28H2,1H3,(H,29,33)(H,30,34)(H,31,32);1-4,9-11H,5-8,20-21H2,(H,22,25)(H,23,26);4*1H4/p+1. The molecule has 2 heterocycles. The molecule has 5 aromatic carbocycles. The Morgan fingerprint density at radius 3 is 1.19 bits per heavy atom. The van der Waals surface area contributed by atoms with Gasteiger partial charge in [0.15, 0.2) is 0 Å². The molecule has 4 amide bonds. The molecule has 0 spiro atoms. The lowest BCUT2D eigenvalue weighted by molar-refractivity contribution is -0.310. The highest BCUT2D eigenvalue weighted by Gasteiger charge is 2.17. The fraction of sp³-hybridized carbons (Fsp3) is 0.265. The Morgan fingerprint density at radius 2 is 0.812 bits per heavy atom. The third-order valence-electron chi connectivity index (χ3n) is 9.40. The second-order valence-electron chi connectivity index (χ2n) is 14.2. The van der Waals surface area contributed by atoms with Gasteiger partial charge in [-0.15, -0.1) is 0 Å². The molecule has 15 heteroatoms. The minimum absolute atomic E-state index is 0. The number of hydrogen-bond acceptors (Lipinski definition) is 10. The molecule has 0 radical (unpaired) electrons. The maximum absolute atomic E-state index is 12.0. The lowest BCUT2D eigenvalue weighted by Gasteiger charge is -2.13. The second-order valence-corrected chi connectivity index (χ2v) is 14.2. The van der Waals surface area contributed by atoms with Crippen LogP contribution in [0.1, 0.15) is 61.0 Å². The van der Waals surface area contributed by atoms with Crippen molar-refractivity contribution in [3.05, 3.63) is 109 Å². The molecule has 0 bridgehead atoms. The molecular formula is C49H66N11O4+. The molecule has 0 saturated heterocycles. The number of aromatic amines is 1. The molecule has 0 aliphatic rings. The number of nitrogens with two attached hydrogens (primary N) is 4. The van der Waals surface area contributed by atoms with E-state index in [1.807, 2.05) is 97.9 Å². The summed E-state index contributed by atoms with van der Waals surface area (Å²) in [6.07, 6.45) is 1.06. The zero-order valence-corrected chi connectivity index (χ0v) is 33.4. The topological polar surface area (TPSA) is 260 Å². The van der Waals surface area contributed by atoms with Crippen LogP contribution < -0.4 is 54.5 Å². The fourth-order valence-electron chi connectivity index (χ4n) is 6.49. The summed E-state index contributed by atoms with van der Waals surface area (Å²) < 4.78 is 0. The van der Waals surface area contributed by atoms with Crippen LogP contribution in [0.4, 0.5) is 34.1 Å². The Hall–Kier alpha value is -7.04. The number of H-pyrrole nitrogens is 1. The van der Waals surface area contributed by atoms with Gasteiger partial charge in [0, 0.05) is 103 Å². The number of rotatable bonds is 14. The summed E-state index contributed by atoms with van der Waals surface area (Å²) in [5, 5.41) is 18.8. The summed E-state index contributed by atoms with van der Waals surface area (Å²) in [7, 11) is 0. The lowest BCUT2D eigenvalue weighted by atomic mass is 10.1. The maximum atomic E-state index is 12.0. The molecule has 0 saturated carbocycles. The second kappa shape index (κ2) is 25.2. The van der Waals surface area contributed by atoms with Crippen LogP contribution in [0, 0.1) is 6.92 Å². The Balaban J connectivity index is 0.000000427. The summed E-state index contributed by atoms with van der Waals surface area (Å²) in [6.45, 7) is 3.24. The van der Waals surface area contributed by atoms with Gasteiger partial charge in [0.25, 0.3) is 0 Å². The van der Waals surface area contributed by atoms with Gasteiger partial charge >= 0.3 is 0 Å². The van der Waals surface area contributed by atoms with E-state index in [0.29, 0.717) is 48.9 Å². The number of carbonyl (C=O) groups excluding carboxylic acids is 4. The first kappa shape index (κ1) is 53.1. The van der Waals surface area contributed by atoms with E-state index in [4.69, 9.17) is 22.9 Å². The first-order valence-electron chi connectivity index (χ1n) is 19.7. The number of benzene rings is 5. The average Bonchev–Trinajstić information content (AvgIpc) is 3.21. The zero-order chi connectivity index (χ0) is 42.6. The van der Waals surface area contributed by atoms with Gasteiger partial charge in [0.1, 0.15) is 0 Å². The highest BCUT2D eigenvalue weighted by molar-refractivity contribution is 6.08. The maximum Gasteiger partial charge on any atom is 0.225 e. The first-order chi connectivity index (χ1) is 29.0. The predicted octanol–water partition coefficient (Wildman–Crippen LogP) is 7.94. The number of pyridine rings is 2. The smallest absolute Gasteiger partial charge is 0.225 e. The van der Waals surface area contributed by atoms with Gasteiger partial charge in [-0.25, -0.2) is 9.97 Å². The number of anilines is 6. The van der Waals surface area contributed by atoms with Crippen molar-refractivity contribution in [1.82, 2.24) is 4.98 Å². The van der Waals surface area contributed by atoms with Crippen molar-refractivity contribution in [3.63, 3.8) is 0 Å². The molecule has 7 rings (SSSR count). The number of hydrogen-bond donors (Lipinski definition) is 9. The van der Waals surface area contributed by atoms with E-state index in [1.165, 1.54) is 5.56 Å². The van der Waals surface area contributed by atoms with Crippen molar-refractivity contribution < 1.29 is 24.2 Å². The largest absolute Gasteiger partial charge is 0.354 e. The van der Waals surface area contributed by atoms with E-state index in [9.17, 15) is 19.2 Å². The van der Waals surface area contributed by atoms with Gasteiger partial charge in [0.05, 0.1) is 27.5 Å². The molecule has 0 aliphatic carbocycles. The molecule has 340 valence electrons. The SMILES string of the molecule is C.C.C.C.Cc1ccc(Nc2c3ccc(NC(=O)CCN)cc3[nH+]c3cc(NC(=O)CCN)ccc23)cc1.NCCC(=O)Nc1ccc2cc3ccc(NC(=O)CCN)cc3nc2c1.